The van der Waals surface area contributed by atoms with Gasteiger partial charge < -0.3 is 20.6 Å². The third-order valence-electron chi connectivity index (χ3n) is 5.19. The van der Waals surface area contributed by atoms with Crippen molar-refractivity contribution in [3.05, 3.63) is 66.2 Å². The second kappa shape index (κ2) is 13.8. The summed E-state index contributed by atoms with van der Waals surface area (Å²) in [5.41, 5.74) is 0.966. The molecule has 0 spiro atoms. The minimum absolute atomic E-state index is 0.144. The van der Waals surface area contributed by atoms with Crippen molar-refractivity contribution in [2.24, 2.45) is 5.92 Å². The SMILES string of the molecule is CNC(=O)C(Cc1ccccc1)NC(=O)N(CCC(C)C)C(CO)CSc1ccccc1. The van der Waals surface area contributed by atoms with Crippen LogP contribution in [0.15, 0.2) is 65.6 Å². The van der Waals surface area contributed by atoms with Crippen LogP contribution in [0.1, 0.15) is 25.8 Å². The molecule has 0 aliphatic heterocycles. The molecular formula is C25H35N3O3S. The Balaban J connectivity index is 2.14. The van der Waals surface area contributed by atoms with E-state index in [2.05, 4.69) is 24.5 Å². The van der Waals surface area contributed by atoms with Crippen molar-refractivity contribution in [1.29, 1.82) is 0 Å². The van der Waals surface area contributed by atoms with Crippen LogP contribution < -0.4 is 10.6 Å². The Bertz CT molecular complexity index is 818. The molecule has 32 heavy (non-hydrogen) atoms. The average molecular weight is 458 g/mol. The Labute approximate surface area is 195 Å². The number of aliphatic hydroxyl groups excluding tert-OH is 1. The molecule has 0 saturated carbocycles. The molecule has 2 rings (SSSR count). The van der Waals surface area contributed by atoms with Crippen LogP contribution in [0.3, 0.4) is 0 Å². The van der Waals surface area contributed by atoms with Crippen LogP contribution >= 0.6 is 11.8 Å². The van der Waals surface area contributed by atoms with E-state index in [1.807, 2.05) is 60.7 Å². The van der Waals surface area contributed by atoms with Gasteiger partial charge in [0.1, 0.15) is 6.04 Å². The summed E-state index contributed by atoms with van der Waals surface area (Å²) < 4.78 is 0. The number of amides is 3. The lowest BCUT2D eigenvalue weighted by molar-refractivity contribution is -0.122. The summed E-state index contributed by atoms with van der Waals surface area (Å²) in [5.74, 6) is 0.728. The van der Waals surface area contributed by atoms with Crippen molar-refractivity contribution in [3.63, 3.8) is 0 Å². The van der Waals surface area contributed by atoms with Crippen LogP contribution in [-0.2, 0) is 11.2 Å². The molecule has 0 aliphatic carbocycles. The molecule has 0 heterocycles. The summed E-state index contributed by atoms with van der Waals surface area (Å²) in [7, 11) is 1.57. The van der Waals surface area contributed by atoms with E-state index in [1.54, 1.807) is 23.7 Å². The van der Waals surface area contributed by atoms with Crippen molar-refractivity contribution in [3.8, 4) is 0 Å². The lowest BCUT2D eigenvalue weighted by Crippen LogP contribution is -2.55. The molecular weight excluding hydrogens is 422 g/mol. The number of nitrogens with zero attached hydrogens (tertiary/aromatic N) is 1. The monoisotopic (exact) mass is 457 g/mol. The number of carbonyl (C=O) groups is 2. The number of aliphatic hydroxyl groups is 1. The Kier molecular flexibility index (Phi) is 11.1. The largest absolute Gasteiger partial charge is 0.394 e. The van der Waals surface area contributed by atoms with Gasteiger partial charge in [0, 0.05) is 30.7 Å². The van der Waals surface area contributed by atoms with Crippen LogP contribution in [-0.4, -0.2) is 60.0 Å². The predicted molar refractivity (Wildman–Crippen MR) is 131 cm³/mol. The topological polar surface area (TPSA) is 81.7 Å². The Morgan fingerprint density at radius 2 is 1.66 bits per heavy atom. The first-order valence-corrected chi connectivity index (χ1v) is 12.0. The lowest BCUT2D eigenvalue weighted by Gasteiger charge is -2.32. The molecule has 174 valence electrons. The molecule has 0 bridgehead atoms. The van der Waals surface area contributed by atoms with E-state index in [9.17, 15) is 14.7 Å². The lowest BCUT2D eigenvalue weighted by atomic mass is 10.1. The number of rotatable bonds is 12. The predicted octanol–water partition coefficient (Wildman–Crippen LogP) is 3.55. The fourth-order valence-corrected chi connectivity index (χ4v) is 4.28. The molecule has 0 aromatic heterocycles. The van der Waals surface area contributed by atoms with E-state index < -0.39 is 6.04 Å². The van der Waals surface area contributed by atoms with Crippen LogP contribution in [0.5, 0.6) is 0 Å². The van der Waals surface area contributed by atoms with Gasteiger partial charge >= 0.3 is 6.03 Å². The highest BCUT2D eigenvalue weighted by atomic mass is 32.2. The van der Waals surface area contributed by atoms with Crippen molar-refractivity contribution in [1.82, 2.24) is 15.5 Å². The maximum absolute atomic E-state index is 13.3. The van der Waals surface area contributed by atoms with Gasteiger partial charge in [-0.1, -0.05) is 62.4 Å². The molecule has 0 aliphatic rings. The number of thioether (sulfide) groups is 1. The summed E-state index contributed by atoms with van der Waals surface area (Å²) in [6.45, 7) is 4.57. The van der Waals surface area contributed by atoms with Crippen LogP contribution in [0.4, 0.5) is 4.79 Å². The zero-order chi connectivity index (χ0) is 23.3. The molecule has 7 heteroatoms. The number of hydrogen-bond donors (Lipinski definition) is 3. The molecule has 3 amide bonds. The number of carbonyl (C=O) groups excluding carboxylic acids is 2. The summed E-state index contributed by atoms with van der Waals surface area (Å²) in [5, 5.41) is 15.7. The van der Waals surface area contributed by atoms with Gasteiger partial charge in [-0.15, -0.1) is 11.8 Å². The van der Waals surface area contributed by atoms with E-state index in [0.717, 1.165) is 16.9 Å². The second-order valence-electron chi connectivity index (χ2n) is 8.14. The average Bonchev–Trinajstić information content (AvgIpc) is 2.81. The van der Waals surface area contributed by atoms with Gasteiger partial charge in [0.15, 0.2) is 0 Å². The number of benzene rings is 2. The first-order valence-electron chi connectivity index (χ1n) is 11.1. The number of urea groups is 1. The van der Waals surface area contributed by atoms with Crippen LogP contribution in [0.25, 0.3) is 0 Å². The highest BCUT2D eigenvalue weighted by Crippen LogP contribution is 2.20. The molecule has 0 radical (unpaired) electrons. The minimum Gasteiger partial charge on any atom is -0.394 e. The van der Waals surface area contributed by atoms with Crippen molar-refractivity contribution >= 4 is 23.7 Å². The highest BCUT2D eigenvalue weighted by molar-refractivity contribution is 7.99. The molecule has 0 saturated heterocycles. The Hall–Kier alpha value is -2.51. The standard InChI is InChI=1S/C25H35N3O3S/c1-19(2)14-15-28(21(17-29)18-32-22-12-8-5-9-13-22)25(31)27-23(24(30)26-3)16-20-10-6-4-7-11-20/h4-13,19,21,23,29H,14-18H2,1-3H3,(H,26,30)(H,27,31). The molecule has 0 fully saturated rings. The van der Waals surface area contributed by atoms with Crippen molar-refractivity contribution in [2.75, 3.05) is 26.0 Å². The quantitative estimate of drug-likeness (QED) is 0.426. The fourth-order valence-electron chi connectivity index (χ4n) is 3.26. The second-order valence-corrected chi connectivity index (χ2v) is 9.24. The third-order valence-corrected chi connectivity index (χ3v) is 6.35. The third kappa shape index (κ3) is 8.55. The van der Waals surface area contributed by atoms with E-state index in [4.69, 9.17) is 0 Å². The van der Waals surface area contributed by atoms with E-state index in [0.29, 0.717) is 24.6 Å². The Morgan fingerprint density at radius 1 is 1.03 bits per heavy atom. The first kappa shape index (κ1) is 25.7. The smallest absolute Gasteiger partial charge is 0.318 e. The van der Waals surface area contributed by atoms with Gasteiger partial charge in [-0.3, -0.25) is 4.79 Å². The van der Waals surface area contributed by atoms with Crippen molar-refractivity contribution < 1.29 is 14.7 Å². The van der Waals surface area contributed by atoms with Gasteiger partial charge in [-0.05, 0) is 30.0 Å². The maximum atomic E-state index is 13.3. The number of nitrogens with one attached hydrogen (secondary N) is 2. The van der Waals surface area contributed by atoms with Gasteiger partial charge in [0.05, 0.1) is 12.6 Å². The zero-order valence-corrected chi connectivity index (χ0v) is 20.0. The van der Waals surface area contributed by atoms with E-state index >= 15 is 0 Å². The zero-order valence-electron chi connectivity index (χ0n) is 19.2. The first-order chi connectivity index (χ1) is 15.4. The van der Waals surface area contributed by atoms with Crippen molar-refractivity contribution in [2.45, 2.75) is 43.7 Å². The molecule has 2 aromatic carbocycles. The fraction of sp³-hybridized carbons (Fsp3) is 0.440. The van der Waals surface area contributed by atoms with Gasteiger partial charge in [-0.25, -0.2) is 4.79 Å². The number of hydrogen-bond acceptors (Lipinski definition) is 4. The highest BCUT2D eigenvalue weighted by Gasteiger charge is 2.28. The molecule has 2 aromatic rings. The normalized spacial score (nSPS) is 12.8. The van der Waals surface area contributed by atoms with Gasteiger partial charge in [-0.2, -0.15) is 0 Å². The van der Waals surface area contributed by atoms with Gasteiger partial charge in [0.2, 0.25) is 5.91 Å². The number of likely N-dealkylation sites (N-methyl/N-ethyl adjacent to an activating group) is 1. The molecule has 2 atom stereocenters. The van der Waals surface area contributed by atoms with Crippen LogP contribution in [0.2, 0.25) is 0 Å². The summed E-state index contributed by atoms with van der Waals surface area (Å²) in [6.07, 6.45) is 1.20. The molecule has 2 unspecified atom stereocenters. The minimum atomic E-state index is -0.697. The van der Waals surface area contributed by atoms with Gasteiger partial charge in [0.25, 0.3) is 0 Å². The summed E-state index contributed by atoms with van der Waals surface area (Å²) >= 11 is 1.60. The molecule has 6 nitrogen and oxygen atoms in total. The Morgan fingerprint density at radius 3 is 2.22 bits per heavy atom. The summed E-state index contributed by atoms with van der Waals surface area (Å²) in [6, 6.07) is 18.2. The van der Waals surface area contributed by atoms with E-state index in [1.165, 1.54) is 0 Å². The summed E-state index contributed by atoms with van der Waals surface area (Å²) in [4.78, 5) is 28.6. The maximum Gasteiger partial charge on any atom is 0.318 e. The van der Waals surface area contributed by atoms with E-state index in [-0.39, 0.29) is 24.6 Å². The van der Waals surface area contributed by atoms with Crippen LogP contribution in [0, 0.1) is 5.92 Å². The molecule has 3 N–H and O–H groups in total.